The van der Waals surface area contributed by atoms with E-state index in [2.05, 4.69) is 10.6 Å². The number of hydrogen-bond donors (Lipinski definition) is 2. The number of fused-ring (bicyclic) bond motifs is 1. The molecule has 0 aromatic heterocycles. The third-order valence-electron chi connectivity index (χ3n) is 4.14. The van der Waals surface area contributed by atoms with E-state index >= 15 is 0 Å². The molecule has 132 valence electrons. The third-order valence-corrected chi connectivity index (χ3v) is 4.37. The lowest BCUT2D eigenvalue weighted by Crippen LogP contribution is -2.43. The van der Waals surface area contributed by atoms with Crippen molar-refractivity contribution in [2.24, 2.45) is 0 Å². The van der Waals surface area contributed by atoms with Crippen LogP contribution in [-0.4, -0.2) is 19.2 Å². The molecule has 5 nitrogen and oxygen atoms in total. The summed E-state index contributed by atoms with van der Waals surface area (Å²) < 4.78 is 11.2. The molecular formula is C19H21ClN2O3. The molecule has 0 fully saturated rings. The summed E-state index contributed by atoms with van der Waals surface area (Å²) in [5.41, 5.74) is 1.96. The number of rotatable bonds is 3. The van der Waals surface area contributed by atoms with Crippen molar-refractivity contribution in [3.63, 3.8) is 0 Å². The molecule has 0 aliphatic carbocycles. The van der Waals surface area contributed by atoms with Crippen molar-refractivity contribution < 1.29 is 14.3 Å². The highest BCUT2D eigenvalue weighted by Crippen LogP contribution is 2.34. The molecule has 2 aromatic rings. The number of carbonyl (C=O) groups excluding carboxylic acids is 1. The Morgan fingerprint density at radius 3 is 2.56 bits per heavy atom. The summed E-state index contributed by atoms with van der Waals surface area (Å²) in [7, 11) is 0. The van der Waals surface area contributed by atoms with Crippen molar-refractivity contribution in [2.75, 3.05) is 18.5 Å². The summed E-state index contributed by atoms with van der Waals surface area (Å²) in [6.45, 7) is 6.86. The van der Waals surface area contributed by atoms with Crippen molar-refractivity contribution in [3.05, 3.63) is 52.5 Å². The molecule has 3 rings (SSSR count). The highest BCUT2D eigenvalue weighted by atomic mass is 35.5. The number of carbonyl (C=O) groups is 1. The highest BCUT2D eigenvalue weighted by Gasteiger charge is 2.25. The van der Waals surface area contributed by atoms with Crippen molar-refractivity contribution in [1.82, 2.24) is 5.32 Å². The lowest BCUT2D eigenvalue weighted by molar-refractivity contribution is 0.171. The molecular weight excluding hydrogens is 340 g/mol. The molecule has 0 spiro atoms. The molecule has 2 N–H and O–H groups in total. The van der Waals surface area contributed by atoms with Crippen molar-refractivity contribution in [3.8, 4) is 11.5 Å². The standard InChI is InChI=1S/C19H21ClN2O3/c1-12-4-6-14(20)11-15(12)21-18(23)22-19(2,3)13-5-7-16-17(10-13)25-9-8-24-16/h4-7,10-11H,8-9H2,1-3H3,(H2,21,22,23). The minimum Gasteiger partial charge on any atom is -0.486 e. The van der Waals surface area contributed by atoms with E-state index in [1.54, 1.807) is 12.1 Å². The molecule has 0 unspecified atom stereocenters. The van der Waals surface area contributed by atoms with Gasteiger partial charge in [0.1, 0.15) is 13.2 Å². The van der Waals surface area contributed by atoms with Gasteiger partial charge < -0.3 is 20.1 Å². The zero-order valence-electron chi connectivity index (χ0n) is 14.5. The van der Waals surface area contributed by atoms with Crippen LogP contribution in [0.25, 0.3) is 0 Å². The van der Waals surface area contributed by atoms with Crippen LogP contribution < -0.4 is 20.1 Å². The van der Waals surface area contributed by atoms with Gasteiger partial charge in [-0.25, -0.2) is 4.79 Å². The van der Waals surface area contributed by atoms with Crippen LogP contribution in [-0.2, 0) is 5.54 Å². The summed E-state index contributed by atoms with van der Waals surface area (Å²) >= 11 is 6.00. The quantitative estimate of drug-likeness (QED) is 0.848. The lowest BCUT2D eigenvalue weighted by atomic mass is 9.94. The molecule has 0 bridgehead atoms. The van der Waals surface area contributed by atoms with Gasteiger partial charge in [0.2, 0.25) is 0 Å². The maximum Gasteiger partial charge on any atom is 0.319 e. The van der Waals surface area contributed by atoms with E-state index < -0.39 is 5.54 Å². The Bertz CT molecular complexity index is 805. The largest absolute Gasteiger partial charge is 0.486 e. The van der Waals surface area contributed by atoms with Crippen molar-refractivity contribution in [2.45, 2.75) is 26.3 Å². The van der Waals surface area contributed by atoms with Gasteiger partial charge in [-0.3, -0.25) is 0 Å². The molecule has 25 heavy (non-hydrogen) atoms. The number of amides is 2. The summed E-state index contributed by atoms with van der Waals surface area (Å²) in [6, 6.07) is 10.8. The molecule has 6 heteroatoms. The van der Waals surface area contributed by atoms with Gasteiger partial charge in [-0.05, 0) is 56.2 Å². The summed E-state index contributed by atoms with van der Waals surface area (Å²) in [6.07, 6.45) is 0. The summed E-state index contributed by atoms with van der Waals surface area (Å²) in [5, 5.41) is 6.41. The Labute approximate surface area is 152 Å². The number of hydrogen-bond acceptors (Lipinski definition) is 3. The molecule has 2 amide bonds. The minimum atomic E-state index is -0.591. The monoisotopic (exact) mass is 360 g/mol. The maximum atomic E-state index is 12.4. The molecule has 0 atom stereocenters. The van der Waals surface area contributed by atoms with Crippen molar-refractivity contribution >= 4 is 23.3 Å². The first-order valence-electron chi connectivity index (χ1n) is 8.10. The first-order chi connectivity index (χ1) is 11.8. The van der Waals surface area contributed by atoms with E-state index in [4.69, 9.17) is 21.1 Å². The van der Waals surface area contributed by atoms with Crippen molar-refractivity contribution in [1.29, 1.82) is 0 Å². The Morgan fingerprint density at radius 1 is 1.08 bits per heavy atom. The number of halogens is 1. The first kappa shape index (κ1) is 17.4. The minimum absolute atomic E-state index is 0.301. The van der Waals surface area contributed by atoms with Crippen LogP contribution in [0.2, 0.25) is 5.02 Å². The molecule has 1 aliphatic rings. The third kappa shape index (κ3) is 3.99. The van der Waals surface area contributed by atoms with Crippen LogP contribution in [0.15, 0.2) is 36.4 Å². The van der Waals surface area contributed by atoms with Gasteiger partial charge in [0.25, 0.3) is 0 Å². The molecule has 2 aromatic carbocycles. The molecule has 0 radical (unpaired) electrons. The fourth-order valence-corrected chi connectivity index (χ4v) is 2.84. The van der Waals surface area contributed by atoms with Crippen LogP contribution in [0.1, 0.15) is 25.0 Å². The average Bonchev–Trinajstić information content (AvgIpc) is 2.57. The van der Waals surface area contributed by atoms with E-state index in [1.807, 2.05) is 45.0 Å². The average molecular weight is 361 g/mol. The Morgan fingerprint density at radius 2 is 1.80 bits per heavy atom. The second-order valence-corrected chi connectivity index (χ2v) is 6.96. The lowest BCUT2D eigenvalue weighted by Gasteiger charge is -2.29. The number of benzene rings is 2. The highest BCUT2D eigenvalue weighted by molar-refractivity contribution is 6.31. The smallest absolute Gasteiger partial charge is 0.319 e. The van der Waals surface area contributed by atoms with Gasteiger partial charge in [0, 0.05) is 10.7 Å². The summed E-state index contributed by atoms with van der Waals surface area (Å²) in [4.78, 5) is 12.4. The van der Waals surface area contributed by atoms with E-state index in [9.17, 15) is 4.79 Å². The Balaban J connectivity index is 1.74. The van der Waals surface area contributed by atoms with E-state index in [0.29, 0.717) is 29.7 Å². The van der Waals surface area contributed by atoms with E-state index in [-0.39, 0.29) is 6.03 Å². The Hall–Kier alpha value is -2.40. The first-order valence-corrected chi connectivity index (χ1v) is 8.48. The Kier molecular flexibility index (Phi) is 4.77. The van der Waals surface area contributed by atoms with E-state index in [0.717, 1.165) is 16.9 Å². The van der Waals surface area contributed by atoms with Crippen LogP contribution in [0.4, 0.5) is 10.5 Å². The number of aryl methyl sites for hydroxylation is 1. The van der Waals surface area contributed by atoms with Gasteiger partial charge >= 0.3 is 6.03 Å². The molecule has 1 aliphatic heterocycles. The van der Waals surface area contributed by atoms with Gasteiger partial charge in [-0.15, -0.1) is 0 Å². The molecule has 0 saturated heterocycles. The second kappa shape index (κ2) is 6.84. The zero-order chi connectivity index (χ0) is 18.0. The normalized spacial score (nSPS) is 13.3. The predicted octanol–water partition coefficient (Wildman–Crippen LogP) is 4.48. The topological polar surface area (TPSA) is 59.6 Å². The molecule has 1 heterocycles. The van der Waals surface area contributed by atoms with Gasteiger partial charge in [-0.1, -0.05) is 23.7 Å². The number of ether oxygens (including phenoxy) is 2. The SMILES string of the molecule is Cc1ccc(Cl)cc1NC(=O)NC(C)(C)c1ccc2c(c1)OCCO2. The van der Waals surface area contributed by atoms with Gasteiger partial charge in [-0.2, -0.15) is 0 Å². The maximum absolute atomic E-state index is 12.4. The zero-order valence-corrected chi connectivity index (χ0v) is 15.2. The summed E-state index contributed by atoms with van der Waals surface area (Å²) in [5.74, 6) is 1.43. The van der Waals surface area contributed by atoms with Crippen LogP contribution in [0.5, 0.6) is 11.5 Å². The fourth-order valence-electron chi connectivity index (χ4n) is 2.67. The molecule has 0 saturated carbocycles. The van der Waals surface area contributed by atoms with E-state index in [1.165, 1.54) is 0 Å². The fraction of sp³-hybridized carbons (Fsp3) is 0.316. The number of urea groups is 1. The second-order valence-electron chi connectivity index (χ2n) is 6.52. The predicted molar refractivity (Wildman–Crippen MR) is 98.8 cm³/mol. The van der Waals surface area contributed by atoms with Crippen LogP contribution in [0, 0.1) is 6.92 Å². The van der Waals surface area contributed by atoms with Crippen LogP contribution >= 0.6 is 11.6 Å². The number of anilines is 1. The number of nitrogens with one attached hydrogen (secondary N) is 2. The van der Waals surface area contributed by atoms with Gasteiger partial charge in [0.05, 0.1) is 5.54 Å². The van der Waals surface area contributed by atoms with Gasteiger partial charge in [0.15, 0.2) is 11.5 Å². The van der Waals surface area contributed by atoms with Crippen LogP contribution in [0.3, 0.4) is 0 Å².